The minimum atomic E-state index is -0.499. The Balaban J connectivity index is 2.71. The zero-order chi connectivity index (χ0) is 39.8. The van der Waals surface area contributed by atoms with Gasteiger partial charge in [0.1, 0.15) is 0 Å². The van der Waals surface area contributed by atoms with Gasteiger partial charge in [0.25, 0.3) is 0 Å². The normalized spacial score (nSPS) is 12.6. The number of ether oxygens (including phenoxy) is 4. The minimum absolute atomic E-state index is 0.142. The molecule has 1 aromatic rings. The first kappa shape index (κ1) is 49.6. The number of carbonyl (C=O) groups excluding carboxylic acids is 2. The maximum absolute atomic E-state index is 13.1. The van der Waals surface area contributed by atoms with E-state index in [9.17, 15) is 19.8 Å². The van der Waals surface area contributed by atoms with Gasteiger partial charge in [0.15, 0.2) is 11.5 Å². The molecule has 0 aliphatic rings. The minimum Gasteiger partial charge on any atom is -0.493 e. The number of aliphatic hydroxyl groups is 2. The van der Waals surface area contributed by atoms with Crippen molar-refractivity contribution in [3.05, 3.63) is 17.7 Å². The number of hydrogen-bond acceptors (Lipinski definition) is 10. The first-order valence-electron chi connectivity index (χ1n) is 21.6. The molecule has 10 heteroatoms. The summed E-state index contributed by atoms with van der Waals surface area (Å²) in [5.74, 6) is -0.321. The molecule has 314 valence electrons. The van der Waals surface area contributed by atoms with Gasteiger partial charge in [-0.1, -0.05) is 117 Å². The molecular formula is C44H80N2O8. The van der Waals surface area contributed by atoms with Gasteiger partial charge in [0, 0.05) is 26.1 Å². The van der Waals surface area contributed by atoms with E-state index in [4.69, 9.17) is 18.9 Å². The van der Waals surface area contributed by atoms with Crippen molar-refractivity contribution >= 4 is 11.9 Å². The van der Waals surface area contributed by atoms with Gasteiger partial charge in [-0.25, -0.2) is 4.79 Å². The number of methoxy groups -OCH3 is 1. The van der Waals surface area contributed by atoms with Crippen LogP contribution in [0.4, 0.5) is 0 Å². The third-order valence-electron chi connectivity index (χ3n) is 9.80. The van der Waals surface area contributed by atoms with Crippen LogP contribution in [0.1, 0.15) is 172 Å². The highest BCUT2D eigenvalue weighted by Crippen LogP contribution is 2.39. The maximum atomic E-state index is 13.1. The van der Waals surface area contributed by atoms with E-state index in [2.05, 4.69) is 18.7 Å². The van der Waals surface area contributed by atoms with Crippen molar-refractivity contribution in [2.24, 2.45) is 0 Å². The van der Waals surface area contributed by atoms with E-state index in [-0.39, 0.29) is 35.8 Å². The fraction of sp³-hybridized carbons (Fsp3) is 0.818. The molecule has 54 heavy (non-hydrogen) atoms. The summed E-state index contributed by atoms with van der Waals surface area (Å²) in [6.07, 6.45) is 22.6. The first-order chi connectivity index (χ1) is 26.1. The van der Waals surface area contributed by atoms with Crippen LogP contribution in [0, 0.1) is 0 Å². The predicted molar refractivity (Wildman–Crippen MR) is 220 cm³/mol. The molecule has 0 saturated carbocycles. The second-order valence-electron chi connectivity index (χ2n) is 15.3. The van der Waals surface area contributed by atoms with Gasteiger partial charge < -0.3 is 34.1 Å². The van der Waals surface area contributed by atoms with Crippen LogP contribution in [-0.4, -0.2) is 105 Å². The molecule has 2 atom stereocenters. The molecule has 0 saturated heterocycles. The maximum Gasteiger partial charge on any atom is 0.338 e. The van der Waals surface area contributed by atoms with Crippen LogP contribution in [0.2, 0.25) is 0 Å². The lowest BCUT2D eigenvalue weighted by Gasteiger charge is -2.27. The van der Waals surface area contributed by atoms with E-state index in [0.717, 1.165) is 51.5 Å². The molecule has 10 nitrogen and oxygen atoms in total. The fourth-order valence-electron chi connectivity index (χ4n) is 6.67. The Labute approximate surface area is 329 Å². The highest BCUT2D eigenvalue weighted by molar-refractivity contribution is 5.91. The molecule has 1 aromatic carbocycles. The number of benzene rings is 1. The number of hydrogen-bond donors (Lipinski definition) is 2. The Kier molecular flexibility index (Phi) is 30.1. The Bertz CT molecular complexity index is 1060. The van der Waals surface area contributed by atoms with Crippen molar-refractivity contribution in [2.75, 3.05) is 60.6 Å². The SMILES string of the molecule is CCCCCCCCCCC(O)CN(CCCCC(=O)Oc1c(OC)cc(C(=O)OCCCN(C)C)cc1OCC)CC(O)CCCCCCCCCC. The second-order valence-corrected chi connectivity index (χ2v) is 15.3. The van der Waals surface area contributed by atoms with E-state index >= 15 is 0 Å². The highest BCUT2D eigenvalue weighted by atomic mass is 16.6. The number of aliphatic hydroxyl groups excluding tert-OH is 2. The molecule has 2 unspecified atom stereocenters. The summed E-state index contributed by atoms with van der Waals surface area (Å²) in [5.41, 5.74) is 0.259. The standard InChI is InChI=1S/C44H80N2O8/c1-7-10-12-14-16-18-20-22-27-38(47)35-46(36-39(48)28-23-21-19-17-15-13-11-8-2)31-25-24-29-42(49)54-43-40(51-6)33-37(34-41(43)52-9-3)44(50)53-32-26-30-45(4)5/h33-34,38-39,47-48H,7-32,35-36H2,1-6H3. The quantitative estimate of drug-likeness (QED) is 0.0389. The zero-order valence-corrected chi connectivity index (χ0v) is 35.3. The van der Waals surface area contributed by atoms with Crippen LogP contribution in [0.3, 0.4) is 0 Å². The fourth-order valence-corrected chi connectivity index (χ4v) is 6.67. The summed E-state index contributed by atoms with van der Waals surface area (Å²) in [4.78, 5) is 30.0. The number of carbonyl (C=O) groups is 2. The molecule has 2 N–H and O–H groups in total. The molecule has 0 aliphatic heterocycles. The van der Waals surface area contributed by atoms with Crippen molar-refractivity contribution in [3.63, 3.8) is 0 Å². The molecule has 0 heterocycles. The van der Waals surface area contributed by atoms with Crippen molar-refractivity contribution in [1.82, 2.24) is 9.80 Å². The summed E-state index contributed by atoms with van der Waals surface area (Å²) in [5, 5.41) is 21.9. The third kappa shape index (κ3) is 24.9. The van der Waals surface area contributed by atoms with E-state index in [1.54, 1.807) is 0 Å². The predicted octanol–water partition coefficient (Wildman–Crippen LogP) is 9.36. The van der Waals surface area contributed by atoms with Gasteiger partial charge in [0.05, 0.1) is 38.1 Å². The van der Waals surface area contributed by atoms with Gasteiger partial charge in [-0.2, -0.15) is 0 Å². The van der Waals surface area contributed by atoms with Crippen LogP contribution < -0.4 is 14.2 Å². The molecule has 0 spiro atoms. The number of nitrogens with zero attached hydrogens (tertiary/aromatic N) is 2. The summed E-state index contributed by atoms with van der Waals surface area (Å²) in [7, 11) is 5.38. The third-order valence-corrected chi connectivity index (χ3v) is 9.80. The van der Waals surface area contributed by atoms with E-state index in [1.165, 1.54) is 96.3 Å². The number of esters is 2. The molecule has 0 fully saturated rings. The molecule has 0 amide bonds. The lowest BCUT2D eigenvalue weighted by Crippen LogP contribution is -2.38. The van der Waals surface area contributed by atoms with Crippen LogP contribution in [0.5, 0.6) is 17.2 Å². The van der Waals surface area contributed by atoms with Gasteiger partial charge >= 0.3 is 11.9 Å². The lowest BCUT2D eigenvalue weighted by molar-refractivity contribution is -0.134. The average Bonchev–Trinajstić information content (AvgIpc) is 3.14. The van der Waals surface area contributed by atoms with E-state index in [0.29, 0.717) is 39.1 Å². The Morgan fingerprint density at radius 1 is 0.667 bits per heavy atom. The van der Waals surface area contributed by atoms with Crippen LogP contribution in [0.25, 0.3) is 0 Å². The van der Waals surface area contributed by atoms with Crippen molar-refractivity contribution in [1.29, 1.82) is 0 Å². The smallest absolute Gasteiger partial charge is 0.338 e. The van der Waals surface area contributed by atoms with Crippen molar-refractivity contribution < 1.29 is 38.7 Å². The summed E-state index contributed by atoms with van der Waals surface area (Å²) in [6, 6.07) is 3.04. The lowest BCUT2D eigenvalue weighted by atomic mass is 10.0. The van der Waals surface area contributed by atoms with Crippen molar-refractivity contribution in [2.45, 2.75) is 174 Å². The van der Waals surface area contributed by atoms with Crippen molar-refractivity contribution in [3.8, 4) is 17.2 Å². The first-order valence-corrected chi connectivity index (χ1v) is 21.6. The molecule has 0 radical (unpaired) electrons. The summed E-state index contributed by atoms with van der Waals surface area (Å²) >= 11 is 0. The summed E-state index contributed by atoms with van der Waals surface area (Å²) < 4.78 is 22.5. The monoisotopic (exact) mass is 765 g/mol. The molecule has 1 rings (SSSR count). The van der Waals surface area contributed by atoms with Gasteiger partial charge in [-0.05, 0) is 71.8 Å². The Morgan fingerprint density at radius 2 is 1.19 bits per heavy atom. The topological polar surface area (TPSA) is 118 Å². The molecule has 0 bridgehead atoms. The zero-order valence-electron chi connectivity index (χ0n) is 35.3. The molecule has 0 aliphatic carbocycles. The van der Waals surface area contributed by atoms with Gasteiger partial charge in [0.2, 0.25) is 5.75 Å². The van der Waals surface area contributed by atoms with Crippen LogP contribution >= 0.6 is 0 Å². The number of rotatable bonds is 36. The van der Waals surface area contributed by atoms with E-state index in [1.807, 2.05) is 25.9 Å². The van der Waals surface area contributed by atoms with Gasteiger partial charge in [-0.15, -0.1) is 0 Å². The second kappa shape index (κ2) is 32.8. The Hall–Kier alpha value is -2.40. The van der Waals surface area contributed by atoms with Gasteiger partial charge in [-0.3, -0.25) is 9.69 Å². The van der Waals surface area contributed by atoms with Crippen LogP contribution in [0.15, 0.2) is 12.1 Å². The molecule has 0 aromatic heterocycles. The number of unbranched alkanes of at least 4 members (excludes halogenated alkanes) is 15. The largest absolute Gasteiger partial charge is 0.493 e. The summed E-state index contributed by atoms with van der Waals surface area (Å²) in [6.45, 7) is 9.41. The van der Waals surface area contributed by atoms with E-state index < -0.39 is 24.1 Å². The highest BCUT2D eigenvalue weighted by Gasteiger charge is 2.22. The van der Waals surface area contributed by atoms with Crippen LogP contribution in [-0.2, 0) is 9.53 Å². The Morgan fingerprint density at radius 3 is 1.69 bits per heavy atom. The molecular weight excluding hydrogens is 684 g/mol. The average molecular weight is 765 g/mol.